The van der Waals surface area contributed by atoms with E-state index in [4.69, 9.17) is 11.6 Å². The molecule has 0 fully saturated rings. The number of sulfonamides is 1. The average molecular weight is 427 g/mol. The summed E-state index contributed by atoms with van der Waals surface area (Å²) in [6.45, 7) is 0.241. The first-order valence-electron chi connectivity index (χ1n) is 9.18. The van der Waals surface area contributed by atoms with Crippen molar-refractivity contribution in [3.05, 3.63) is 89.4 Å². The summed E-state index contributed by atoms with van der Waals surface area (Å²) in [6, 6.07) is 22.2. The molecule has 0 saturated carbocycles. The Hall–Kier alpha value is -2.83. The maximum atomic E-state index is 13.3. The van der Waals surface area contributed by atoms with Gasteiger partial charge >= 0.3 is 0 Å². The van der Waals surface area contributed by atoms with Gasteiger partial charge in [-0.15, -0.1) is 0 Å². The molecule has 1 heterocycles. The molecule has 0 atom stereocenters. The maximum Gasteiger partial charge on any atom is 0.264 e. The Morgan fingerprint density at radius 1 is 0.931 bits per heavy atom. The van der Waals surface area contributed by atoms with Crippen LogP contribution in [0.1, 0.15) is 5.56 Å². The molecule has 0 radical (unpaired) electrons. The highest BCUT2D eigenvalue weighted by Gasteiger charge is 2.31. The number of hydrogen-bond donors (Lipinski definition) is 0. The average Bonchev–Trinajstić information content (AvgIpc) is 3.17. The zero-order valence-corrected chi connectivity index (χ0v) is 17.1. The molecular formula is C22H19ClN2O3S. The lowest BCUT2D eigenvalue weighted by Crippen LogP contribution is -2.42. The van der Waals surface area contributed by atoms with Crippen LogP contribution in [0.5, 0.6) is 0 Å². The summed E-state index contributed by atoms with van der Waals surface area (Å²) in [5, 5.41) is 0.491. The molecule has 0 aromatic heterocycles. The first-order valence-corrected chi connectivity index (χ1v) is 11.0. The second kappa shape index (κ2) is 7.89. The zero-order chi connectivity index (χ0) is 20.4. The van der Waals surface area contributed by atoms with Crippen LogP contribution in [0.4, 0.5) is 11.4 Å². The summed E-state index contributed by atoms with van der Waals surface area (Å²) in [5.41, 5.74) is 2.31. The van der Waals surface area contributed by atoms with Crippen molar-refractivity contribution >= 4 is 38.9 Å². The smallest absolute Gasteiger partial charge is 0.264 e. The van der Waals surface area contributed by atoms with Crippen LogP contribution in [0.25, 0.3) is 0 Å². The molecule has 0 unspecified atom stereocenters. The number of carbonyl (C=O) groups excluding carboxylic acids is 1. The van der Waals surface area contributed by atoms with Gasteiger partial charge in [-0.3, -0.25) is 9.10 Å². The standard InChI is InChI=1S/C22H19ClN2O3S/c23-18-10-12-19(13-11-18)25(29(27,28)20-7-2-1-3-8-20)16-22(26)24-15-14-17-6-4-5-9-21(17)24/h1-13H,14-16H2. The Labute approximate surface area is 175 Å². The summed E-state index contributed by atoms with van der Waals surface area (Å²) >= 11 is 5.97. The van der Waals surface area contributed by atoms with Crippen LogP contribution >= 0.6 is 11.6 Å². The summed E-state index contributed by atoms with van der Waals surface area (Å²) in [5.74, 6) is -0.274. The highest BCUT2D eigenvalue weighted by atomic mass is 35.5. The minimum Gasteiger partial charge on any atom is -0.310 e. The van der Waals surface area contributed by atoms with Crippen molar-refractivity contribution in [3.8, 4) is 0 Å². The van der Waals surface area contributed by atoms with Crippen molar-refractivity contribution in [2.24, 2.45) is 0 Å². The van der Waals surface area contributed by atoms with Crippen LogP contribution in [0, 0.1) is 0 Å². The molecule has 29 heavy (non-hydrogen) atoms. The second-order valence-corrected chi connectivity index (χ2v) is 9.02. The highest BCUT2D eigenvalue weighted by molar-refractivity contribution is 7.92. The molecular weight excluding hydrogens is 408 g/mol. The number of benzene rings is 3. The zero-order valence-electron chi connectivity index (χ0n) is 15.5. The predicted octanol–water partition coefficient (Wildman–Crippen LogP) is 4.12. The van der Waals surface area contributed by atoms with Gasteiger partial charge in [0.1, 0.15) is 6.54 Å². The normalized spacial score (nSPS) is 13.2. The van der Waals surface area contributed by atoms with Gasteiger partial charge < -0.3 is 4.90 Å². The van der Waals surface area contributed by atoms with Crippen LogP contribution in [-0.2, 0) is 21.2 Å². The molecule has 5 nitrogen and oxygen atoms in total. The third-order valence-electron chi connectivity index (χ3n) is 4.91. The third-order valence-corrected chi connectivity index (χ3v) is 6.95. The van der Waals surface area contributed by atoms with E-state index in [1.54, 1.807) is 47.4 Å². The summed E-state index contributed by atoms with van der Waals surface area (Å²) in [4.78, 5) is 14.9. The van der Waals surface area contributed by atoms with Crippen molar-refractivity contribution in [1.82, 2.24) is 0 Å². The molecule has 0 saturated heterocycles. The van der Waals surface area contributed by atoms with Gasteiger partial charge in [-0.05, 0) is 54.4 Å². The number of rotatable bonds is 5. The molecule has 1 aliphatic heterocycles. The lowest BCUT2D eigenvalue weighted by atomic mass is 10.2. The molecule has 0 spiro atoms. The molecule has 0 N–H and O–H groups in total. The Balaban J connectivity index is 1.70. The molecule has 3 aromatic rings. The van der Waals surface area contributed by atoms with E-state index in [1.807, 2.05) is 24.3 Å². The van der Waals surface area contributed by atoms with Crippen LogP contribution in [-0.4, -0.2) is 27.4 Å². The Kier molecular flexibility index (Phi) is 5.30. The van der Waals surface area contributed by atoms with Gasteiger partial charge in [-0.1, -0.05) is 48.0 Å². The monoisotopic (exact) mass is 426 g/mol. The topological polar surface area (TPSA) is 57.7 Å². The largest absolute Gasteiger partial charge is 0.310 e. The van der Waals surface area contributed by atoms with E-state index < -0.39 is 10.0 Å². The van der Waals surface area contributed by atoms with Gasteiger partial charge in [0.15, 0.2) is 0 Å². The van der Waals surface area contributed by atoms with Gasteiger partial charge in [0.25, 0.3) is 10.0 Å². The molecule has 1 aliphatic rings. The van der Waals surface area contributed by atoms with Crippen LogP contribution in [0.2, 0.25) is 5.02 Å². The van der Waals surface area contributed by atoms with Crippen LogP contribution < -0.4 is 9.21 Å². The van der Waals surface area contributed by atoms with E-state index in [0.29, 0.717) is 17.3 Å². The van der Waals surface area contributed by atoms with Gasteiger partial charge in [-0.25, -0.2) is 8.42 Å². The van der Waals surface area contributed by atoms with Gasteiger partial charge in [0.05, 0.1) is 10.6 Å². The van der Waals surface area contributed by atoms with Gasteiger partial charge in [0, 0.05) is 17.3 Å². The van der Waals surface area contributed by atoms with Crippen molar-refractivity contribution in [1.29, 1.82) is 0 Å². The van der Waals surface area contributed by atoms with E-state index in [0.717, 1.165) is 22.0 Å². The van der Waals surface area contributed by atoms with Crippen LogP contribution in [0.15, 0.2) is 83.8 Å². The van der Waals surface area contributed by atoms with Gasteiger partial charge in [-0.2, -0.15) is 0 Å². The number of anilines is 2. The van der Waals surface area contributed by atoms with E-state index in [2.05, 4.69) is 0 Å². The minimum atomic E-state index is -3.93. The van der Waals surface area contributed by atoms with E-state index in [1.165, 1.54) is 12.1 Å². The lowest BCUT2D eigenvalue weighted by molar-refractivity contribution is -0.117. The SMILES string of the molecule is O=C(CN(c1ccc(Cl)cc1)S(=O)(=O)c1ccccc1)N1CCc2ccccc21. The highest BCUT2D eigenvalue weighted by Crippen LogP contribution is 2.29. The quantitative estimate of drug-likeness (QED) is 0.616. The van der Waals surface area contributed by atoms with E-state index >= 15 is 0 Å². The molecule has 148 valence electrons. The number of para-hydroxylation sites is 1. The van der Waals surface area contributed by atoms with Crippen molar-refractivity contribution in [3.63, 3.8) is 0 Å². The number of carbonyl (C=O) groups is 1. The maximum absolute atomic E-state index is 13.3. The van der Waals surface area contributed by atoms with Crippen molar-refractivity contribution in [2.75, 3.05) is 22.3 Å². The van der Waals surface area contributed by atoms with Crippen LogP contribution in [0.3, 0.4) is 0 Å². The second-order valence-electron chi connectivity index (χ2n) is 6.73. The number of nitrogens with zero attached hydrogens (tertiary/aromatic N) is 2. The number of halogens is 1. The molecule has 1 amide bonds. The van der Waals surface area contributed by atoms with E-state index in [-0.39, 0.29) is 17.3 Å². The van der Waals surface area contributed by atoms with E-state index in [9.17, 15) is 13.2 Å². The fourth-order valence-corrected chi connectivity index (χ4v) is 5.01. The number of fused-ring (bicyclic) bond motifs is 1. The van der Waals surface area contributed by atoms with Crippen molar-refractivity contribution in [2.45, 2.75) is 11.3 Å². The number of hydrogen-bond acceptors (Lipinski definition) is 3. The molecule has 0 aliphatic carbocycles. The van der Waals surface area contributed by atoms with Gasteiger partial charge in [0.2, 0.25) is 5.91 Å². The Bertz CT molecular complexity index is 1130. The minimum absolute atomic E-state index is 0.129. The summed E-state index contributed by atoms with van der Waals surface area (Å²) in [7, 11) is -3.93. The summed E-state index contributed by atoms with van der Waals surface area (Å²) < 4.78 is 27.8. The molecule has 4 rings (SSSR count). The third kappa shape index (κ3) is 3.86. The molecule has 7 heteroatoms. The molecule has 0 bridgehead atoms. The fraction of sp³-hybridized carbons (Fsp3) is 0.136. The Morgan fingerprint density at radius 3 is 2.31 bits per heavy atom. The Morgan fingerprint density at radius 2 is 1.59 bits per heavy atom. The van der Waals surface area contributed by atoms with Crippen molar-refractivity contribution < 1.29 is 13.2 Å². The first-order chi connectivity index (χ1) is 14.0. The number of amides is 1. The summed E-state index contributed by atoms with van der Waals surface area (Å²) in [6.07, 6.45) is 0.758. The molecule has 3 aromatic carbocycles. The fourth-order valence-electron chi connectivity index (χ4n) is 3.45. The lowest BCUT2D eigenvalue weighted by Gasteiger charge is -2.27. The first kappa shape index (κ1) is 19.5. The predicted molar refractivity (Wildman–Crippen MR) is 115 cm³/mol.